The van der Waals surface area contributed by atoms with Gasteiger partial charge in [-0.3, -0.25) is 0 Å². The van der Waals surface area contributed by atoms with Gasteiger partial charge in [0.05, 0.1) is 6.10 Å². The predicted octanol–water partition coefficient (Wildman–Crippen LogP) is 2.35. The highest BCUT2D eigenvalue weighted by molar-refractivity contribution is 5.44. The third kappa shape index (κ3) is 1.75. The lowest BCUT2D eigenvalue weighted by Gasteiger charge is -2.32. The van der Waals surface area contributed by atoms with Crippen molar-refractivity contribution >= 4 is 0 Å². The van der Waals surface area contributed by atoms with E-state index in [-0.39, 0.29) is 24.2 Å². The van der Waals surface area contributed by atoms with E-state index in [0.29, 0.717) is 5.56 Å². The quantitative estimate of drug-likeness (QED) is 0.720. The second-order valence-corrected chi connectivity index (χ2v) is 3.97. The molecule has 0 heterocycles. The predicted molar refractivity (Wildman–Crippen MR) is 51.2 cm³/mol. The lowest BCUT2D eigenvalue weighted by atomic mass is 9.80. The molecule has 16 heavy (non-hydrogen) atoms. The third-order valence-corrected chi connectivity index (χ3v) is 2.95. The average Bonchev–Trinajstić information content (AvgIpc) is 2.15. The van der Waals surface area contributed by atoms with E-state index in [1.54, 1.807) is 0 Å². The molecule has 5 heteroatoms. The summed E-state index contributed by atoms with van der Waals surface area (Å²) >= 11 is 0. The highest BCUT2D eigenvalue weighted by atomic mass is 19.4. The summed E-state index contributed by atoms with van der Waals surface area (Å²) in [4.78, 5) is 0. The van der Waals surface area contributed by atoms with Crippen molar-refractivity contribution in [1.82, 2.24) is 0 Å². The van der Waals surface area contributed by atoms with Crippen LogP contribution in [0.3, 0.4) is 0 Å². The van der Waals surface area contributed by atoms with Crippen LogP contribution in [0.25, 0.3) is 0 Å². The summed E-state index contributed by atoms with van der Waals surface area (Å²) in [6.07, 6.45) is -5.61. The lowest BCUT2D eigenvalue weighted by molar-refractivity contribution is -0.174. The van der Waals surface area contributed by atoms with Crippen LogP contribution in [0.15, 0.2) is 18.2 Å². The van der Waals surface area contributed by atoms with Crippen molar-refractivity contribution in [3.63, 3.8) is 0 Å². The summed E-state index contributed by atoms with van der Waals surface area (Å²) in [5.41, 5.74) is 0.293. The Balaban J connectivity index is 2.53. The molecule has 2 nitrogen and oxygen atoms in total. The molecule has 2 unspecified atom stereocenters. The SMILES string of the molecule is Oc1cccc2c1CCC(O)C2C(F)(F)F. The summed E-state index contributed by atoms with van der Waals surface area (Å²) in [6.45, 7) is 0. The van der Waals surface area contributed by atoms with Gasteiger partial charge in [-0.15, -0.1) is 0 Å². The Hall–Kier alpha value is -1.23. The number of phenolic OH excluding ortho intramolecular Hbond substituents is 1. The minimum atomic E-state index is -4.48. The van der Waals surface area contributed by atoms with Crippen LogP contribution < -0.4 is 0 Å². The molecular formula is C11H11F3O2. The van der Waals surface area contributed by atoms with Gasteiger partial charge in [0.2, 0.25) is 0 Å². The van der Waals surface area contributed by atoms with Crippen LogP contribution in [-0.4, -0.2) is 22.5 Å². The zero-order chi connectivity index (χ0) is 11.9. The standard InChI is InChI=1S/C11H11F3O2/c12-11(13,14)10-7-2-1-3-8(15)6(7)4-5-9(10)16/h1-3,9-10,15-16H,4-5H2. The van der Waals surface area contributed by atoms with E-state index in [2.05, 4.69) is 0 Å². The number of aliphatic hydroxyl groups is 1. The van der Waals surface area contributed by atoms with Crippen molar-refractivity contribution in [3.05, 3.63) is 29.3 Å². The first kappa shape index (κ1) is 11.3. The summed E-state index contributed by atoms with van der Waals surface area (Å²) in [5.74, 6) is -2.01. The van der Waals surface area contributed by atoms with Gasteiger partial charge >= 0.3 is 6.18 Å². The van der Waals surface area contributed by atoms with Gasteiger partial charge < -0.3 is 10.2 Å². The van der Waals surface area contributed by atoms with Gasteiger partial charge in [0.1, 0.15) is 11.7 Å². The lowest BCUT2D eigenvalue weighted by Crippen LogP contribution is -2.35. The number of aliphatic hydroxyl groups excluding tert-OH is 1. The average molecular weight is 232 g/mol. The molecule has 0 aliphatic heterocycles. The number of rotatable bonds is 0. The van der Waals surface area contributed by atoms with Crippen LogP contribution in [0.1, 0.15) is 23.5 Å². The van der Waals surface area contributed by atoms with E-state index >= 15 is 0 Å². The molecule has 0 saturated carbocycles. The summed E-state index contributed by atoms with van der Waals surface area (Å²) in [7, 11) is 0. The van der Waals surface area contributed by atoms with Gasteiger partial charge in [-0.1, -0.05) is 12.1 Å². The second-order valence-electron chi connectivity index (χ2n) is 3.97. The number of fused-ring (bicyclic) bond motifs is 1. The zero-order valence-corrected chi connectivity index (χ0v) is 8.33. The summed E-state index contributed by atoms with van der Waals surface area (Å²) in [6, 6.07) is 4.05. The Morgan fingerprint density at radius 3 is 2.56 bits per heavy atom. The van der Waals surface area contributed by atoms with Gasteiger partial charge in [-0.2, -0.15) is 13.2 Å². The Morgan fingerprint density at radius 2 is 1.94 bits per heavy atom. The van der Waals surface area contributed by atoms with E-state index < -0.39 is 18.2 Å². The first-order valence-corrected chi connectivity index (χ1v) is 4.97. The molecule has 0 saturated heterocycles. The first-order valence-electron chi connectivity index (χ1n) is 4.97. The monoisotopic (exact) mass is 232 g/mol. The van der Waals surface area contributed by atoms with Gasteiger partial charge in [0, 0.05) is 0 Å². The van der Waals surface area contributed by atoms with Gasteiger partial charge in [0.15, 0.2) is 0 Å². The number of alkyl halides is 3. The van der Waals surface area contributed by atoms with Gasteiger partial charge in [0.25, 0.3) is 0 Å². The van der Waals surface area contributed by atoms with Gasteiger partial charge in [-0.25, -0.2) is 0 Å². The number of benzene rings is 1. The third-order valence-electron chi connectivity index (χ3n) is 2.95. The Morgan fingerprint density at radius 1 is 1.25 bits per heavy atom. The highest BCUT2D eigenvalue weighted by Gasteiger charge is 2.48. The highest BCUT2D eigenvalue weighted by Crippen LogP contribution is 2.45. The fraction of sp³-hybridized carbons (Fsp3) is 0.455. The van der Waals surface area contributed by atoms with E-state index in [4.69, 9.17) is 0 Å². The molecule has 2 rings (SSSR count). The smallest absolute Gasteiger partial charge is 0.398 e. The number of aromatic hydroxyl groups is 1. The van der Waals surface area contributed by atoms with E-state index in [0.717, 1.165) is 0 Å². The zero-order valence-electron chi connectivity index (χ0n) is 8.33. The summed E-state index contributed by atoms with van der Waals surface area (Å²) in [5, 5.41) is 18.9. The molecule has 1 aliphatic carbocycles. The number of hydrogen-bond acceptors (Lipinski definition) is 2. The van der Waals surface area contributed by atoms with Crippen LogP contribution in [0.5, 0.6) is 5.75 Å². The van der Waals surface area contributed by atoms with Gasteiger partial charge in [-0.05, 0) is 30.0 Å². The maximum absolute atomic E-state index is 12.8. The second kappa shape index (κ2) is 3.66. The van der Waals surface area contributed by atoms with Crippen molar-refractivity contribution in [2.24, 2.45) is 0 Å². The fourth-order valence-corrected chi connectivity index (χ4v) is 2.22. The molecule has 0 bridgehead atoms. The van der Waals surface area contributed by atoms with Crippen molar-refractivity contribution < 1.29 is 23.4 Å². The normalized spacial score (nSPS) is 25.2. The number of phenols is 1. The van der Waals surface area contributed by atoms with E-state index in [1.165, 1.54) is 18.2 Å². The number of hydrogen-bond donors (Lipinski definition) is 2. The Kier molecular flexibility index (Phi) is 2.58. The van der Waals surface area contributed by atoms with E-state index in [1.807, 2.05) is 0 Å². The van der Waals surface area contributed by atoms with Crippen LogP contribution >= 0.6 is 0 Å². The molecule has 2 N–H and O–H groups in total. The molecule has 0 amide bonds. The minimum absolute atomic E-state index is 0.00810. The molecule has 0 fully saturated rings. The number of halogens is 3. The molecule has 1 aromatic rings. The van der Waals surface area contributed by atoms with E-state index in [9.17, 15) is 23.4 Å². The van der Waals surface area contributed by atoms with Crippen molar-refractivity contribution in [2.45, 2.75) is 31.0 Å². The molecule has 0 spiro atoms. The molecule has 0 aromatic heterocycles. The summed E-state index contributed by atoms with van der Waals surface area (Å²) < 4.78 is 38.3. The van der Waals surface area contributed by atoms with Crippen molar-refractivity contribution in [1.29, 1.82) is 0 Å². The van der Waals surface area contributed by atoms with Crippen molar-refractivity contribution in [2.75, 3.05) is 0 Å². The van der Waals surface area contributed by atoms with Crippen LogP contribution in [-0.2, 0) is 6.42 Å². The van der Waals surface area contributed by atoms with Crippen LogP contribution in [0, 0.1) is 0 Å². The maximum Gasteiger partial charge on any atom is 0.398 e. The molecule has 88 valence electrons. The molecule has 1 aliphatic rings. The minimum Gasteiger partial charge on any atom is -0.508 e. The van der Waals surface area contributed by atoms with Crippen LogP contribution in [0.4, 0.5) is 13.2 Å². The Labute approximate surface area is 90.3 Å². The maximum atomic E-state index is 12.8. The molecule has 2 atom stereocenters. The molecule has 0 radical (unpaired) electrons. The van der Waals surface area contributed by atoms with Crippen molar-refractivity contribution in [3.8, 4) is 5.75 Å². The fourth-order valence-electron chi connectivity index (χ4n) is 2.22. The molecule has 1 aromatic carbocycles. The Bertz CT molecular complexity index is 401. The topological polar surface area (TPSA) is 40.5 Å². The molecular weight excluding hydrogens is 221 g/mol. The first-order chi connectivity index (χ1) is 7.41. The largest absolute Gasteiger partial charge is 0.508 e. The van der Waals surface area contributed by atoms with Crippen LogP contribution in [0.2, 0.25) is 0 Å².